The number of fused-ring (bicyclic) bond motifs is 1. The van der Waals surface area contributed by atoms with Crippen LogP contribution >= 0.6 is 0 Å². The van der Waals surface area contributed by atoms with E-state index in [0.717, 1.165) is 23.3 Å². The Morgan fingerprint density at radius 2 is 1.69 bits per heavy atom. The molecule has 0 saturated carbocycles. The number of anilines is 1. The molecule has 0 bridgehead atoms. The lowest BCUT2D eigenvalue weighted by molar-refractivity contribution is 0.425. The minimum atomic E-state index is 0.434. The van der Waals surface area contributed by atoms with Crippen molar-refractivity contribution in [3.8, 4) is 11.3 Å². The largest absolute Gasteiger partial charge is 0.383 e. The number of benzene rings is 1. The fourth-order valence-electron chi connectivity index (χ4n) is 3.33. The average molecular weight is 382 g/mol. The van der Waals surface area contributed by atoms with Crippen molar-refractivity contribution in [1.29, 1.82) is 0 Å². The van der Waals surface area contributed by atoms with Crippen LogP contribution in [0.2, 0.25) is 0 Å². The molecule has 29 heavy (non-hydrogen) atoms. The van der Waals surface area contributed by atoms with Crippen LogP contribution in [0.3, 0.4) is 0 Å². The van der Waals surface area contributed by atoms with E-state index >= 15 is 0 Å². The molecule has 142 valence electrons. The number of rotatable bonds is 5. The summed E-state index contributed by atoms with van der Waals surface area (Å²) < 4.78 is 7.24. The number of aromatic nitrogens is 5. The van der Waals surface area contributed by atoms with Gasteiger partial charge in [0.15, 0.2) is 11.4 Å². The molecule has 0 saturated heterocycles. The maximum atomic E-state index is 5.91. The van der Waals surface area contributed by atoms with Crippen LogP contribution in [0, 0.1) is 0 Å². The molecule has 4 heterocycles. The first kappa shape index (κ1) is 17.1. The molecule has 0 spiro atoms. The van der Waals surface area contributed by atoms with Gasteiger partial charge in [0, 0.05) is 24.9 Å². The normalized spacial score (nSPS) is 11.2. The summed E-state index contributed by atoms with van der Waals surface area (Å²) in [7, 11) is 0. The van der Waals surface area contributed by atoms with Crippen molar-refractivity contribution in [3.05, 3.63) is 95.7 Å². The Kier molecular flexibility index (Phi) is 4.25. The lowest BCUT2D eigenvalue weighted by Crippen LogP contribution is -1.94. The summed E-state index contributed by atoms with van der Waals surface area (Å²) in [4.78, 5) is 8.26. The van der Waals surface area contributed by atoms with E-state index in [-0.39, 0.29) is 0 Å². The second-order valence-electron chi connectivity index (χ2n) is 6.89. The summed E-state index contributed by atoms with van der Waals surface area (Å²) in [6.45, 7) is 0. The number of pyridine rings is 2. The maximum Gasteiger partial charge on any atom is 0.170 e. The monoisotopic (exact) mass is 382 g/mol. The van der Waals surface area contributed by atoms with E-state index in [4.69, 9.17) is 10.3 Å². The molecule has 7 nitrogen and oxygen atoms in total. The first-order chi connectivity index (χ1) is 14.2. The molecule has 2 N–H and O–H groups in total. The fourth-order valence-corrected chi connectivity index (χ4v) is 3.33. The maximum absolute atomic E-state index is 5.91. The van der Waals surface area contributed by atoms with Gasteiger partial charge in [-0.15, -0.1) is 0 Å². The van der Waals surface area contributed by atoms with Gasteiger partial charge >= 0.3 is 0 Å². The summed E-state index contributed by atoms with van der Waals surface area (Å²) in [6, 6.07) is 18.2. The van der Waals surface area contributed by atoms with Crippen LogP contribution in [0.4, 0.5) is 5.82 Å². The van der Waals surface area contributed by atoms with Crippen LogP contribution in [0.5, 0.6) is 0 Å². The number of nitrogens with zero attached hydrogens (tertiary/aromatic N) is 5. The number of hydrogen-bond donors (Lipinski definition) is 1. The van der Waals surface area contributed by atoms with Gasteiger partial charge in [0.25, 0.3) is 0 Å². The van der Waals surface area contributed by atoms with Crippen molar-refractivity contribution in [2.24, 2.45) is 0 Å². The van der Waals surface area contributed by atoms with Crippen LogP contribution < -0.4 is 5.73 Å². The van der Waals surface area contributed by atoms with E-state index in [0.29, 0.717) is 18.0 Å². The Morgan fingerprint density at radius 3 is 2.52 bits per heavy atom. The summed E-state index contributed by atoms with van der Waals surface area (Å²) in [5.41, 5.74) is 12.0. The average Bonchev–Trinajstić information content (AvgIpc) is 3.39. The van der Waals surface area contributed by atoms with Crippen molar-refractivity contribution >= 4 is 11.5 Å². The van der Waals surface area contributed by atoms with Crippen molar-refractivity contribution in [2.75, 3.05) is 5.73 Å². The van der Waals surface area contributed by atoms with Gasteiger partial charge in [-0.1, -0.05) is 35.5 Å². The van der Waals surface area contributed by atoms with E-state index in [9.17, 15) is 0 Å². The van der Waals surface area contributed by atoms with Gasteiger partial charge < -0.3 is 10.3 Å². The summed E-state index contributed by atoms with van der Waals surface area (Å²) in [5.74, 6) is 1.06. The Labute approximate surface area is 166 Å². The number of nitrogens with two attached hydrogens (primary N) is 1. The molecule has 4 aromatic heterocycles. The van der Waals surface area contributed by atoms with Crippen LogP contribution in [-0.2, 0) is 12.8 Å². The molecule has 0 amide bonds. The van der Waals surface area contributed by atoms with Crippen molar-refractivity contribution in [3.63, 3.8) is 0 Å². The van der Waals surface area contributed by atoms with Gasteiger partial charge in [-0.25, -0.2) is 14.5 Å². The fraction of sp³-hybridized carbons (Fsp3) is 0.0909. The predicted octanol–water partition coefficient (Wildman–Crippen LogP) is 3.54. The van der Waals surface area contributed by atoms with E-state index in [1.807, 2.05) is 30.5 Å². The highest BCUT2D eigenvalue weighted by Crippen LogP contribution is 2.25. The zero-order valence-electron chi connectivity index (χ0n) is 15.6. The third-order valence-corrected chi connectivity index (χ3v) is 4.81. The van der Waals surface area contributed by atoms with Crippen LogP contribution in [0.1, 0.15) is 22.4 Å². The van der Waals surface area contributed by atoms with E-state index in [2.05, 4.69) is 50.6 Å². The SMILES string of the molecule is Nc1ncccc1-c1cc(Cc2ccc(Cc3ccc4ncnn4c3)cc2)no1. The number of hydrogen-bond acceptors (Lipinski definition) is 6. The predicted molar refractivity (Wildman–Crippen MR) is 109 cm³/mol. The lowest BCUT2D eigenvalue weighted by atomic mass is 10.0. The number of nitrogen functional groups attached to an aromatic ring is 1. The van der Waals surface area contributed by atoms with E-state index in [1.54, 1.807) is 17.0 Å². The van der Waals surface area contributed by atoms with Crippen molar-refractivity contribution < 1.29 is 4.52 Å². The summed E-state index contributed by atoms with van der Waals surface area (Å²) >= 11 is 0. The lowest BCUT2D eigenvalue weighted by Gasteiger charge is -2.04. The first-order valence-corrected chi connectivity index (χ1v) is 9.27. The summed E-state index contributed by atoms with van der Waals surface area (Å²) in [5, 5.41) is 8.36. The van der Waals surface area contributed by atoms with Gasteiger partial charge in [0.05, 0.1) is 11.3 Å². The third kappa shape index (κ3) is 3.58. The molecule has 5 aromatic rings. The molecule has 5 rings (SSSR count). The van der Waals surface area contributed by atoms with E-state index in [1.165, 1.54) is 16.7 Å². The molecule has 0 aliphatic rings. The summed E-state index contributed by atoms with van der Waals surface area (Å²) in [6.07, 6.45) is 6.75. The molecule has 0 atom stereocenters. The second kappa shape index (κ2) is 7.20. The van der Waals surface area contributed by atoms with Crippen LogP contribution in [0.15, 0.2) is 77.8 Å². The van der Waals surface area contributed by atoms with Gasteiger partial charge in [0.2, 0.25) is 0 Å². The smallest absolute Gasteiger partial charge is 0.170 e. The highest BCUT2D eigenvalue weighted by atomic mass is 16.5. The highest BCUT2D eigenvalue weighted by molar-refractivity contribution is 5.69. The zero-order valence-corrected chi connectivity index (χ0v) is 15.6. The molecular weight excluding hydrogens is 364 g/mol. The minimum absolute atomic E-state index is 0.434. The Bertz CT molecular complexity index is 1270. The molecular formula is C22H18N6O. The van der Waals surface area contributed by atoms with Crippen molar-refractivity contribution in [1.82, 2.24) is 24.7 Å². The van der Waals surface area contributed by atoms with Gasteiger partial charge in [-0.2, -0.15) is 5.10 Å². The first-order valence-electron chi connectivity index (χ1n) is 9.27. The van der Waals surface area contributed by atoms with E-state index < -0.39 is 0 Å². The van der Waals surface area contributed by atoms with Gasteiger partial charge in [-0.05, 0) is 41.3 Å². The quantitative estimate of drug-likeness (QED) is 0.499. The third-order valence-electron chi connectivity index (χ3n) is 4.81. The second-order valence-corrected chi connectivity index (χ2v) is 6.89. The molecule has 0 aliphatic heterocycles. The zero-order chi connectivity index (χ0) is 19.6. The standard InChI is InChI=1S/C22H18N6O/c23-22-19(2-1-9-24-22)20-12-18(27-29-20)11-16-5-3-15(4-6-16)10-17-7-8-21-25-14-26-28(21)13-17/h1-9,12-14H,10-11H2,(H2,23,24). The van der Waals surface area contributed by atoms with Crippen LogP contribution in [-0.4, -0.2) is 24.7 Å². The molecule has 0 radical (unpaired) electrons. The highest BCUT2D eigenvalue weighted by Gasteiger charge is 2.11. The molecule has 0 fully saturated rings. The van der Waals surface area contributed by atoms with Gasteiger partial charge in [0.1, 0.15) is 12.1 Å². The van der Waals surface area contributed by atoms with Crippen molar-refractivity contribution in [2.45, 2.75) is 12.8 Å². The van der Waals surface area contributed by atoms with Gasteiger partial charge in [-0.3, -0.25) is 0 Å². The molecule has 7 heteroatoms. The molecule has 0 aliphatic carbocycles. The Balaban J connectivity index is 1.29. The minimum Gasteiger partial charge on any atom is -0.383 e. The molecule has 0 unspecified atom stereocenters. The molecule has 1 aromatic carbocycles. The Morgan fingerprint density at radius 1 is 0.897 bits per heavy atom. The Hall–Kier alpha value is -4.00. The van der Waals surface area contributed by atoms with Crippen LogP contribution in [0.25, 0.3) is 17.0 Å². The topological polar surface area (TPSA) is 95.1 Å².